The SMILES string of the molecule is O=C(OCC1CCOC1)c1cc([N+](=O)[O-])cc(Cl)c1Cl. The third-order valence-electron chi connectivity index (χ3n) is 2.92. The van der Waals surface area contributed by atoms with Gasteiger partial charge in [0.25, 0.3) is 5.69 Å². The summed E-state index contributed by atoms with van der Waals surface area (Å²) in [7, 11) is 0. The van der Waals surface area contributed by atoms with Crippen molar-refractivity contribution in [2.45, 2.75) is 6.42 Å². The van der Waals surface area contributed by atoms with Crippen LogP contribution >= 0.6 is 23.2 Å². The van der Waals surface area contributed by atoms with Gasteiger partial charge < -0.3 is 9.47 Å². The van der Waals surface area contributed by atoms with E-state index >= 15 is 0 Å². The van der Waals surface area contributed by atoms with E-state index in [-0.39, 0.29) is 33.8 Å². The molecule has 1 aliphatic heterocycles. The highest BCUT2D eigenvalue weighted by molar-refractivity contribution is 6.43. The lowest BCUT2D eigenvalue weighted by Crippen LogP contribution is -2.15. The summed E-state index contributed by atoms with van der Waals surface area (Å²) in [4.78, 5) is 22.0. The first-order valence-electron chi connectivity index (χ1n) is 5.87. The van der Waals surface area contributed by atoms with Gasteiger partial charge in [0.2, 0.25) is 0 Å². The van der Waals surface area contributed by atoms with Crippen LogP contribution in [-0.4, -0.2) is 30.7 Å². The van der Waals surface area contributed by atoms with Crippen LogP contribution in [0.1, 0.15) is 16.8 Å². The number of nitrogens with zero attached hydrogens (tertiary/aromatic N) is 1. The van der Waals surface area contributed by atoms with Gasteiger partial charge in [0.05, 0.1) is 33.7 Å². The molecule has 108 valence electrons. The summed E-state index contributed by atoms with van der Waals surface area (Å²) in [5, 5.41) is 10.6. The van der Waals surface area contributed by atoms with Crippen molar-refractivity contribution in [3.8, 4) is 0 Å². The Labute approximate surface area is 124 Å². The molecule has 1 unspecified atom stereocenters. The molecular weight excluding hydrogens is 309 g/mol. The normalized spacial score (nSPS) is 18.0. The van der Waals surface area contributed by atoms with E-state index in [0.29, 0.717) is 13.2 Å². The predicted molar refractivity (Wildman–Crippen MR) is 72.3 cm³/mol. The smallest absolute Gasteiger partial charge is 0.339 e. The van der Waals surface area contributed by atoms with Gasteiger partial charge in [-0.15, -0.1) is 0 Å². The first kappa shape index (κ1) is 15.0. The van der Waals surface area contributed by atoms with Crippen LogP contribution in [0.25, 0.3) is 0 Å². The molecule has 0 saturated carbocycles. The first-order valence-corrected chi connectivity index (χ1v) is 6.63. The lowest BCUT2D eigenvalue weighted by molar-refractivity contribution is -0.384. The van der Waals surface area contributed by atoms with Gasteiger partial charge in [0.1, 0.15) is 0 Å². The molecule has 8 heteroatoms. The molecule has 1 heterocycles. The molecule has 0 N–H and O–H groups in total. The largest absolute Gasteiger partial charge is 0.462 e. The molecule has 0 aliphatic carbocycles. The van der Waals surface area contributed by atoms with E-state index in [1.54, 1.807) is 0 Å². The van der Waals surface area contributed by atoms with Crippen molar-refractivity contribution >= 4 is 34.9 Å². The number of benzene rings is 1. The zero-order valence-corrected chi connectivity index (χ0v) is 11.8. The number of nitro benzene ring substituents is 1. The molecule has 6 nitrogen and oxygen atoms in total. The zero-order valence-electron chi connectivity index (χ0n) is 10.3. The number of hydrogen-bond acceptors (Lipinski definition) is 5. The Bertz CT molecular complexity index is 543. The number of esters is 1. The van der Waals surface area contributed by atoms with E-state index in [1.165, 1.54) is 0 Å². The maximum absolute atomic E-state index is 11.9. The number of ether oxygens (including phenoxy) is 2. The van der Waals surface area contributed by atoms with E-state index in [0.717, 1.165) is 18.6 Å². The van der Waals surface area contributed by atoms with Crippen LogP contribution < -0.4 is 0 Å². The van der Waals surface area contributed by atoms with Crippen molar-refractivity contribution in [3.63, 3.8) is 0 Å². The Kier molecular flexibility index (Phi) is 4.80. The highest BCUT2D eigenvalue weighted by Crippen LogP contribution is 2.31. The standard InChI is InChI=1S/C12H11Cl2NO5/c13-10-4-8(15(17)18)3-9(11(10)14)12(16)20-6-7-1-2-19-5-7/h3-4,7H,1-2,5-6H2. The Morgan fingerprint density at radius 2 is 2.25 bits per heavy atom. The molecule has 1 aromatic carbocycles. The molecule has 0 amide bonds. The van der Waals surface area contributed by atoms with Crippen molar-refractivity contribution < 1.29 is 19.2 Å². The van der Waals surface area contributed by atoms with Gasteiger partial charge >= 0.3 is 5.97 Å². The second-order valence-electron chi connectivity index (χ2n) is 4.37. The molecule has 0 aromatic heterocycles. The fourth-order valence-corrected chi connectivity index (χ4v) is 2.21. The Balaban J connectivity index is 2.13. The van der Waals surface area contributed by atoms with E-state index in [2.05, 4.69) is 0 Å². The topological polar surface area (TPSA) is 78.7 Å². The van der Waals surface area contributed by atoms with Crippen molar-refractivity contribution in [1.82, 2.24) is 0 Å². The van der Waals surface area contributed by atoms with Gasteiger partial charge in [0, 0.05) is 24.7 Å². The summed E-state index contributed by atoms with van der Waals surface area (Å²) in [6.45, 7) is 1.37. The zero-order chi connectivity index (χ0) is 14.7. The van der Waals surface area contributed by atoms with Crippen molar-refractivity contribution in [2.24, 2.45) is 5.92 Å². The van der Waals surface area contributed by atoms with E-state index in [9.17, 15) is 14.9 Å². The van der Waals surface area contributed by atoms with Crippen molar-refractivity contribution in [2.75, 3.05) is 19.8 Å². The van der Waals surface area contributed by atoms with Crippen LogP contribution in [0.5, 0.6) is 0 Å². The summed E-state index contributed by atoms with van der Waals surface area (Å²) < 4.78 is 10.3. The second-order valence-corrected chi connectivity index (χ2v) is 5.16. The van der Waals surface area contributed by atoms with Crippen LogP contribution in [0.2, 0.25) is 10.0 Å². The molecule has 1 aromatic rings. The summed E-state index contributed by atoms with van der Waals surface area (Å²) in [5.74, 6) is -0.584. The van der Waals surface area contributed by atoms with Crippen LogP contribution in [0, 0.1) is 16.0 Å². The summed E-state index contributed by atoms with van der Waals surface area (Å²) in [5.41, 5.74) is -0.416. The third-order valence-corrected chi connectivity index (χ3v) is 3.72. The Morgan fingerprint density at radius 1 is 1.50 bits per heavy atom. The van der Waals surface area contributed by atoms with Gasteiger partial charge in [0.15, 0.2) is 0 Å². The van der Waals surface area contributed by atoms with Gasteiger partial charge in [-0.3, -0.25) is 10.1 Å². The van der Waals surface area contributed by atoms with E-state index < -0.39 is 10.9 Å². The Hall–Kier alpha value is -1.37. The number of rotatable bonds is 4. The monoisotopic (exact) mass is 319 g/mol. The summed E-state index contributed by atoms with van der Waals surface area (Å²) >= 11 is 11.7. The molecule has 20 heavy (non-hydrogen) atoms. The molecule has 0 bridgehead atoms. The number of non-ortho nitro benzene ring substituents is 1. The van der Waals surface area contributed by atoms with Gasteiger partial charge in [-0.05, 0) is 6.42 Å². The quantitative estimate of drug-likeness (QED) is 0.484. The third kappa shape index (κ3) is 3.39. The number of carbonyl (C=O) groups is 1. The lowest BCUT2D eigenvalue weighted by atomic mass is 10.1. The highest BCUT2D eigenvalue weighted by Gasteiger charge is 2.23. The number of hydrogen-bond donors (Lipinski definition) is 0. The van der Waals surface area contributed by atoms with E-state index in [1.807, 2.05) is 0 Å². The van der Waals surface area contributed by atoms with Gasteiger partial charge in [-0.1, -0.05) is 23.2 Å². The minimum atomic E-state index is -0.729. The molecule has 1 fully saturated rings. The molecule has 1 saturated heterocycles. The molecule has 0 radical (unpaired) electrons. The summed E-state index contributed by atoms with van der Waals surface area (Å²) in [6.07, 6.45) is 0.816. The van der Waals surface area contributed by atoms with Gasteiger partial charge in [-0.2, -0.15) is 0 Å². The fraction of sp³-hybridized carbons (Fsp3) is 0.417. The predicted octanol–water partition coefficient (Wildman–Crippen LogP) is 3.09. The van der Waals surface area contributed by atoms with Gasteiger partial charge in [-0.25, -0.2) is 4.79 Å². The maximum Gasteiger partial charge on any atom is 0.339 e. The minimum Gasteiger partial charge on any atom is -0.462 e. The lowest BCUT2D eigenvalue weighted by Gasteiger charge is -2.10. The molecule has 0 spiro atoms. The van der Waals surface area contributed by atoms with Crippen molar-refractivity contribution in [3.05, 3.63) is 37.9 Å². The Morgan fingerprint density at radius 3 is 2.85 bits per heavy atom. The number of nitro groups is 1. The van der Waals surface area contributed by atoms with Crippen molar-refractivity contribution in [1.29, 1.82) is 0 Å². The summed E-state index contributed by atoms with van der Waals surface area (Å²) in [6, 6.07) is 2.15. The molecular formula is C12H11Cl2NO5. The fourth-order valence-electron chi connectivity index (χ4n) is 1.81. The average Bonchev–Trinajstić information content (AvgIpc) is 2.92. The van der Waals surface area contributed by atoms with Crippen LogP contribution in [0.15, 0.2) is 12.1 Å². The molecule has 1 aliphatic rings. The minimum absolute atomic E-state index is 0.0510. The highest BCUT2D eigenvalue weighted by atomic mass is 35.5. The van der Waals surface area contributed by atoms with E-state index in [4.69, 9.17) is 32.7 Å². The van der Waals surface area contributed by atoms with Crippen LogP contribution in [0.4, 0.5) is 5.69 Å². The first-order chi connectivity index (χ1) is 9.49. The maximum atomic E-state index is 11.9. The second kappa shape index (κ2) is 6.39. The average molecular weight is 320 g/mol. The van der Waals surface area contributed by atoms with Crippen LogP contribution in [0.3, 0.4) is 0 Å². The molecule has 1 atom stereocenters. The number of carbonyl (C=O) groups excluding carboxylic acids is 1. The molecule has 2 rings (SSSR count). The number of halogens is 2. The van der Waals surface area contributed by atoms with Crippen LogP contribution in [-0.2, 0) is 9.47 Å².